The highest BCUT2D eigenvalue weighted by molar-refractivity contribution is 7.92. The van der Waals surface area contributed by atoms with Gasteiger partial charge in [-0.3, -0.25) is 13.9 Å². The van der Waals surface area contributed by atoms with E-state index < -0.39 is 28.5 Å². The number of unbranched alkanes of at least 4 members (excludes halogenated alkanes) is 1. The molecule has 4 aromatic rings. The van der Waals surface area contributed by atoms with E-state index in [1.54, 1.807) is 36.4 Å². The van der Waals surface area contributed by atoms with E-state index in [9.17, 15) is 18.0 Å². The quantitative estimate of drug-likeness (QED) is 0.180. The Bertz CT molecular complexity index is 1750. The predicted molar refractivity (Wildman–Crippen MR) is 182 cm³/mol. The zero-order valence-corrected chi connectivity index (χ0v) is 27.6. The highest BCUT2D eigenvalue weighted by Gasteiger charge is 2.35. The van der Waals surface area contributed by atoms with Crippen LogP contribution in [0.4, 0.5) is 5.69 Å². The number of sulfonamides is 1. The van der Waals surface area contributed by atoms with Gasteiger partial charge in [-0.2, -0.15) is 0 Å². The third kappa shape index (κ3) is 8.51. The summed E-state index contributed by atoms with van der Waals surface area (Å²) in [6, 6.07) is 29.2. The molecular formula is C37H41N3O6S. The minimum Gasteiger partial charge on any atom is -0.486 e. The number of ether oxygens (including phenoxy) is 2. The number of hydrogen-bond acceptors (Lipinski definition) is 6. The fourth-order valence-electron chi connectivity index (χ4n) is 5.39. The molecule has 47 heavy (non-hydrogen) atoms. The summed E-state index contributed by atoms with van der Waals surface area (Å²) in [5.41, 5.74) is 3.00. The lowest BCUT2D eigenvalue weighted by Crippen LogP contribution is -2.53. The fourth-order valence-corrected chi connectivity index (χ4v) is 6.81. The summed E-state index contributed by atoms with van der Waals surface area (Å²) >= 11 is 0. The molecule has 0 bridgehead atoms. The first-order chi connectivity index (χ1) is 22.8. The van der Waals surface area contributed by atoms with Gasteiger partial charge in [0.25, 0.3) is 10.0 Å². The van der Waals surface area contributed by atoms with Gasteiger partial charge >= 0.3 is 0 Å². The number of nitrogens with zero attached hydrogens (tertiary/aromatic N) is 2. The van der Waals surface area contributed by atoms with E-state index in [2.05, 4.69) is 5.32 Å². The second-order valence-corrected chi connectivity index (χ2v) is 13.4. The number of aryl methyl sites for hydroxylation is 1. The summed E-state index contributed by atoms with van der Waals surface area (Å²) in [6.45, 7) is 4.76. The summed E-state index contributed by atoms with van der Waals surface area (Å²) < 4.78 is 41.0. The van der Waals surface area contributed by atoms with Crippen LogP contribution in [0.25, 0.3) is 0 Å². The van der Waals surface area contributed by atoms with Crippen molar-refractivity contribution in [3.05, 3.63) is 120 Å². The van der Waals surface area contributed by atoms with Crippen LogP contribution >= 0.6 is 0 Å². The first kappa shape index (κ1) is 33.5. The molecule has 1 N–H and O–H groups in total. The molecule has 1 heterocycles. The molecule has 0 spiro atoms. The van der Waals surface area contributed by atoms with Crippen molar-refractivity contribution in [3.63, 3.8) is 0 Å². The van der Waals surface area contributed by atoms with Gasteiger partial charge in [-0.05, 0) is 48.7 Å². The van der Waals surface area contributed by atoms with Crippen molar-refractivity contribution in [1.82, 2.24) is 10.2 Å². The first-order valence-electron chi connectivity index (χ1n) is 15.9. The van der Waals surface area contributed by atoms with Crippen LogP contribution in [0.1, 0.15) is 36.5 Å². The molecule has 0 saturated heterocycles. The minimum absolute atomic E-state index is 0.0333. The molecule has 0 aliphatic carbocycles. The number of fused-ring (bicyclic) bond motifs is 1. The average molecular weight is 656 g/mol. The van der Waals surface area contributed by atoms with E-state index >= 15 is 0 Å². The molecule has 4 aromatic carbocycles. The number of rotatable bonds is 14. The monoisotopic (exact) mass is 655 g/mol. The van der Waals surface area contributed by atoms with Crippen LogP contribution in [0.15, 0.2) is 108 Å². The third-order valence-electron chi connectivity index (χ3n) is 8.00. The Balaban J connectivity index is 1.56. The largest absolute Gasteiger partial charge is 0.486 e. The normalized spacial score (nSPS) is 13.0. The number of carbonyl (C=O) groups excluding carboxylic acids is 2. The highest BCUT2D eigenvalue weighted by Crippen LogP contribution is 2.36. The van der Waals surface area contributed by atoms with Crippen molar-refractivity contribution >= 4 is 27.5 Å². The summed E-state index contributed by atoms with van der Waals surface area (Å²) in [4.78, 5) is 30.0. The molecule has 9 nitrogen and oxygen atoms in total. The second kappa shape index (κ2) is 15.6. The van der Waals surface area contributed by atoms with Crippen LogP contribution in [0.2, 0.25) is 0 Å². The van der Waals surface area contributed by atoms with Crippen molar-refractivity contribution in [2.75, 3.05) is 30.6 Å². The van der Waals surface area contributed by atoms with Crippen molar-refractivity contribution in [2.45, 2.75) is 50.6 Å². The third-order valence-corrected chi connectivity index (χ3v) is 9.79. The van der Waals surface area contributed by atoms with Crippen LogP contribution < -0.4 is 19.1 Å². The summed E-state index contributed by atoms with van der Waals surface area (Å²) in [5, 5.41) is 3.01. The van der Waals surface area contributed by atoms with Crippen LogP contribution in [0, 0.1) is 6.92 Å². The van der Waals surface area contributed by atoms with E-state index in [0.717, 1.165) is 33.8 Å². The van der Waals surface area contributed by atoms with Crippen molar-refractivity contribution in [1.29, 1.82) is 0 Å². The lowest BCUT2D eigenvalue weighted by molar-refractivity contribution is -0.140. The standard InChI is InChI=1S/C37H41N3O6S/c1-3-4-21-38-37(42)33(24-29-11-7-5-8-12-29)39(26-30-17-15-28(2)16-18-30)36(41)27-40(47(43,44)32-13-9-6-10-14-32)31-19-20-34-35(25-31)46-23-22-45-34/h5-20,25,33H,3-4,21-24,26-27H2,1-2H3,(H,38,42). The Morgan fingerprint density at radius 2 is 1.49 bits per heavy atom. The number of benzene rings is 4. The number of anilines is 1. The van der Waals surface area contributed by atoms with Crippen molar-refractivity contribution < 1.29 is 27.5 Å². The minimum atomic E-state index is -4.22. The predicted octanol–water partition coefficient (Wildman–Crippen LogP) is 5.52. The molecule has 0 fully saturated rings. The van der Waals surface area contributed by atoms with Gasteiger partial charge in [0, 0.05) is 25.6 Å². The number of nitrogens with one attached hydrogen (secondary N) is 1. The molecule has 0 aromatic heterocycles. The van der Waals surface area contributed by atoms with E-state index in [1.807, 2.05) is 68.4 Å². The Morgan fingerprint density at radius 1 is 0.830 bits per heavy atom. The molecule has 246 valence electrons. The van der Waals surface area contributed by atoms with Gasteiger partial charge in [-0.15, -0.1) is 0 Å². The number of carbonyl (C=O) groups is 2. The maximum atomic E-state index is 14.6. The molecule has 10 heteroatoms. The Hall–Kier alpha value is -4.83. The molecule has 1 aliphatic rings. The molecular weight excluding hydrogens is 614 g/mol. The zero-order valence-electron chi connectivity index (χ0n) is 26.8. The van der Waals surface area contributed by atoms with E-state index in [0.29, 0.717) is 31.3 Å². The Morgan fingerprint density at radius 3 is 2.17 bits per heavy atom. The van der Waals surface area contributed by atoms with Gasteiger partial charge in [-0.25, -0.2) is 8.42 Å². The molecule has 5 rings (SSSR count). The smallest absolute Gasteiger partial charge is 0.264 e. The van der Waals surface area contributed by atoms with Crippen LogP contribution in [-0.2, 0) is 32.6 Å². The van der Waals surface area contributed by atoms with Crippen molar-refractivity contribution in [3.8, 4) is 11.5 Å². The Labute approximate surface area is 277 Å². The van der Waals surface area contributed by atoms with E-state index in [-0.39, 0.29) is 29.5 Å². The second-order valence-electron chi connectivity index (χ2n) is 11.5. The van der Waals surface area contributed by atoms with Crippen molar-refractivity contribution in [2.24, 2.45) is 0 Å². The molecule has 1 aliphatic heterocycles. The number of amides is 2. The molecule has 0 saturated carbocycles. The van der Waals surface area contributed by atoms with Crippen LogP contribution in [-0.4, -0.2) is 57.5 Å². The van der Waals surface area contributed by atoms with Gasteiger partial charge in [0.1, 0.15) is 25.8 Å². The molecule has 1 unspecified atom stereocenters. The van der Waals surface area contributed by atoms with Gasteiger partial charge in [-0.1, -0.05) is 91.7 Å². The fraction of sp³-hybridized carbons (Fsp3) is 0.297. The molecule has 1 atom stereocenters. The van der Waals surface area contributed by atoms with Crippen LogP contribution in [0.3, 0.4) is 0 Å². The Kier molecular flexibility index (Phi) is 11.2. The first-order valence-corrected chi connectivity index (χ1v) is 17.3. The number of hydrogen-bond donors (Lipinski definition) is 1. The zero-order chi connectivity index (χ0) is 33.2. The van der Waals surface area contributed by atoms with Gasteiger partial charge in [0.15, 0.2) is 11.5 Å². The van der Waals surface area contributed by atoms with E-state index in [1.165, 1.54) is 17.0 Å². The van der Waals surface area contributed by atoms with Gasteiger partial charge < -0.3 is 19.7 Å². The lowest BCUT2D eigenvalue weighted by Gasteiger charge is -2.34. The highest BCUT2D eigenvalue weighted by atomic mass is 32.2. The summed E-state index contributed by atoms with van der Waals surface area (Å²) in [5.74, 6) is 0.0744. The average Bonchev–Trinajstić information content (AvgIpc) is 3.10. The maximum Gasteiger partial charge on any atom is 0.264 e. The van der Waals surface area contributed by atoms with Crippen LogP contribution in [0.5, 0.6) is 11.5 Å². The molecule has 2 amide bonds. The summed E-state index contributed by atoms with van der Waals surface area (Å²) in [6.07, 6.45) is 1.95. The summed E-state index contributed by atoms with van der Waals surface area (Å²) in [7, 11) is -4.22. The van der Waals surface area contributed by atoms with Gasteiger partial charge in [0.2, 0.25) is 11.8 Å². The van der Waals surface area contributed by atoms with Gasteiger partial charge in [0.05, 0.1) is 10.6 Å². The lowest BCUT2D eigenvalue weighted by atomic mass is 10.0. The molecule has 0 radical (unpaired) electrons. The van der Waals surface area contributed by atoms with E-state index in [4.69, 9.17) is 9.47 Å². The topological polar surface area (TPSA) is 105 Å². The SMILES string of the molecule is CCCCNC(=O)C(Cc1ccccc1)N(Cc1ccc(C)cc1)C(=O)CN(c1ccc2c(c1)OCCO2)S(=O)(=O)c1ccccc1. The maximum absolute atomic E-state index is 14.6.